The number of amides is 1. The SMILES string of the molecule is COC(=O)c1nc(NC(=O)[C@H](CC(C)C)n2cccc2)sc1C. The maximum atomic E-state index is 12.6. The molecule has 2 heterocycles. The number of hydrogen-bond donors (Lipinski definition) is 1. The molecule has 1 N–H and O–H groups in total. The highest BCUT2D eigenvalue weighted by atomic mass is 32.1. The maximum Gasteiger partial charge on any atom is 0.357 e. The van der Waals surface area contributed by atoms with Crippen LogP contribution in [0.5, 0.6) is 0 Å². The minimum Gasteiger partial charge on any atom is -0.464 e. The number of nitrogens with zero attached hydrogens (tertiary/aromatic N) is 2. The van der Waals surface area contributed by atoms with Crippen molar-refractivity contribution in [2.45, 2.75) is 33.2 Å². The highest BCUT2D eigenvalue weighted by Gasteiger charge is 2.23. The highest BCUT2D eigenvalue weighted by molar-refractivity contribution is 7.16. The van der Waals surface area contributed by atoms with Gasteiger partial charge in [0.05, 0.1) is 7.11 Å². The first kappa shape index (κ1) is 17.2. The van der Waals surface area contributed by atoms with Crippen LogP contribution in [0.15, 0.2) is 24.5 Å². The van der Waals surface area contributed by atoms with Gasteiger partial charge in [0.25, 0.3) is 0 Å². The van der Waals surface area contributed by atoms with Crippen LogP contribution in [0.1, 0.15) is 41.7 Å². The molecule has 0 saturated heterocycles. The molecule has 1 amide bonds. The number of esters is 1. The number of carbonyl (C=O) groups is 2. The van der Waals surface area contributed by atoms with E-state index >= 15 is 0 Å². The topological polar surface area (TPSA) is 73.2 Å². The second kappa shape index (κ2) is 7.41. The first-order chi connectivity index (χ1) is 10.9. The summed E-state index contributed by atoms with van der Waals surface area (Å²) in [6.45, 7) is 5.93. The third kappa shape index (κ3) is 4.19. The largest absolute Gasteiger partial charge is 0.464 e. The molecule has 0 aliphatic heterocycles. The van der Waals surface area contributed by atoms with Crippen LogP contribution in [0.3, 0.4) is 0 Å². The van der Waals surface area contributed by atoms with Crippen LogP contribution in [0.4, 0.5) is 5.13 Å². The molecule has 23 heavy (non-hydrogen) atoms. The van der Waals surface area contributed by atoms with E-state index in [4.69, 9.17) is 0 Å². The summed E-state index contributed by atoms with van der Waals surface area (Å²) in [7, 11) is 1.31. The van der Waals surface area contributed by atoms with Crippen LogP contribution in [0, 0.1) is 12.8 Å². The minimum absolute atomic E-state index is 0.139. The van der Waals surface area contributed by atoms with Crippen molar-refractivity contribution < 1.29 is 14.3 Å². The van der Waals surface area contributed by atoms with Gasteiger partial charge in [-0.2, -0.15) is 0 Å². The Morgan fingerprint density at radius 2 is 2.00 bits per heavy atom. The first-order valence-corrected chi connectivity index (χ1v) is 8.23. The van der Waals surface area contributed by atoms with Crippen LogP contribution in [-0.4, -0.2) is 28.5 Å². The Morgan fingerprint density at radius 1 is 1.35 bits per heavy atom. The number of thiazole rings is 1. The number of rotatable bonds is 6. The zero-order valence-corrected chi connectivity index (χ0v) is 14.5. The summed E-state index contributed by atoms with van der Waals surface area (Å²) in [4.78, 5) is 29.1. The number of carbonyl (C=O) groups excluding carboxylic acids is 2. The van der Waals surface area contributed by atoms with E-state index in [2.05, 4.69) is 28.9 Å². The second-order valence-corrected chi connectivity index (χ2v) is 6.88. The maximum absolute atomic E-state index is 12.6. The van der Waals surface area contributed by atoms with E-state index in [9.17, 15) is 9.59 Å². The summed E-state index contributed by atoms with van der Waals surface area (Å²) in [5, 5.41) is 3.23. The Hall–Kier alpha value is -2.15. The van der Waals surface area contributed by atoms with Gasteiger partial charge in [-0.15, -0.1) is 11.3 Å². The Bertz CT molecular complexity index is 677. The molecule has 2 aromatic rings. The Labute approximate surface area is 139 Å². The number of aryl methyl sites for hydroxylation is 1. The lowest BCUT2D eigenvalue weighted by molar-refractivity contribution is -0.119. The van der Waals surface area contributed by atoms with E-state index in [1.165, 1.54) is 18.4 Å². The van der Waals surface area contributed by atoms with Gasteiger partial charge in [0, 0.05) is 17.3 Å². The van der Waals surface area contributed by atoms with Crippen molar-refractivity contribution in [3.05, 3.63) is 35.1 Å². The lowest BCUT2D eigenvalue weighted by Gasteiger charge is -2.19. The first-order valence-electron chi connectivity index (χ1n) is 7.41. The predicted octanol–water partition coefficient (Wildman–Crippen LogP) is 3.27. The lowest BCUT2D eigenvalue weighted by Crippen LogP contribution is -2.26. The monoisotopic (exact) mass is 335 g/mol. The second-order valence-electron chi connectivity index (χ2n) is 5.68. The molecule has 2 rings (SSSR count). The van der Waals surface area contributed by atoms with Crippen LogP contribution in [-0.2, 0) is 9.53 Å². The average Bonchev–Trinajstić information content (AvgIpc) is 3.13. The van der Waals surface area contributed by atoms with Gasteiger partial charge in [-0.05, 0) is 31.4 Å². The van der Waals surface area contributed by atoms with Crippen molar-refractivity contribution in [3.8, 4) is 0 Å². The molecule has 0 aliphatic rings. The van der Waals surface area contributed by atoms with E-state index in [1.54, 1.807) is 6.92 Å². The normalized spacial score (nSPS) is 12.2. The standard InChI is InChI=1S/C16H21N3O3S/c1-10(2)9-12(19-7-5-6-8-19)14(20)18-16-17-13(11(3)23-16)15(21)22-4/h5-8,10,12H,9H2,1-4H3,(H,17,18,20)/t12-/m0/s1. The number of ether oxygens (including phenoxy) is 1. The number of nitrogens with one attached hydrogen (secondary N) is 1. The van der Waals surface area contributed by atoms with Crippen molar-refractivity contribution in [1.82, 2.24) is 9.55 Å². The summed E-state index contributed by atoms with van der Waals surface area (Å²) in [6.07, 6.45) is 4.47. The fourth-order valence-corrected chi connectivity index (χ4v) is 3.10. The summed E-state index contributed by atoms with van der Waals surface area (Å²) in [6, 6.07) is 3.48. The molecule has 0 unspecified atom stereocenters. The zero-order valence-electron chi connectivity index (χ0n) is 13.7. The lowest BCUT2D eigenvalue weighted by atomic mass is 10.0. The highest BCUT2D eigenvalue weighted by Crippen LogP contribution is 2.25. The number of aromatic nitrogens is 2. The molecular formula is C16H21N3O3S. The average molecular weight is 335 g/mol. The molecule has 0 spiro atoms. The van der Waals surface area contributed by atoms with Gasteiger partial charge < -0.3 is 14.6 Å². The molecular weight excluding hydrogens is 314 g/mol. The minimum atomic E-state index is -0.497. The smallest absolute Gasteiger partial charge is 0.357 e. The van der Waals surface area contributed by atoms with Gasteiger partial charge in [0.1, 0.15) is 6.04 Å². The Kier molecular flexibility index (Phi) is 5.54. The van der Waals surface area contributed by atoms with Crippen LogP contribution >= 0.6 is 11.3 Å². The Balaban J connectivity index is 2.17. The van der Waals surface area contributed by atoms with Crippen molar-refractivity contribution in [1.29, 1.82) is 0 Å². The van der Waals surface area contributed by atoms with Crippen LogP contribution in [0.2, 0.25) is 0 Å². The number of anilines is 1. The van der Waals surface area contributed by atoms with Crippen LogP contribution < -0.4 is 5.32 Å². The third-order valence-electron chi connectivity index (χ3n) is 3.39. The molecule has 1 atom stereocenters. The summed E-state index contributed by atoms with van der Waals surface area (Å²) in [5.74, 6) is -0.264. The van der Waals surface area contributed by atoms with Crippen molar-refractivity contribution in [2.24, 2.45) is 5.92 Å². The van der Waals surface area contributed by atoms with Gasteiger partial charge in [-0.3, -0.25) is 4.79 Å². The molecule has 124 valence electrons. The van der Waals surface area contributed by atoms with Crippen molar-refractivity contribution >= 4 is 28.3 Å². The molecule has 2 aromatic heterocycles. The van der Waals surface area contributed by atoms with Crippen molar-refractivity contribution in [3.63, 3.8) is 0 Å². The van der Waals surface area contributed by atoms with E-state index in [1.807, 2.05) is 29.1 Å². The van der Waals surface area contributed by atoms with Gasteiger partial charge >= 0.3 is 5.97 Å². The molecule has 0 fully saturated rings. The molecule has 0 radical (unpaired) electrons. The van der Waals surface area contributed by atoms with Gasteiger partial charge in [0.2, 0.25) is 5.91 Å². The van der Waals surface area contributed by atoms with E-state index < -0.39 is 5.97 Å². The summed E-state index contributed by atoms with van der Waals surface area (Å²) in [5.41, 5.74) is 0.245. The van der Waals surface area contributed by atoms with Gasteiger partial charge in [0.15, 0.2) is 10.8 Å². The van der Waals surface area contributed by atoms with Crippen LogP contribution in [0.25, 0.3) is 0 Å². The summed E-state index contributed by atoms with van der Waals surface area (Å²) >= 11 is 1.27. The molecule has 0 saturated carbocycles. The molecule has 0 bridgehead atoms. The Morgan fingerprint density at radius 3 is 2.57 bits per heavy atom. The molecule has 6 nitrogen and oxygen atoms in total. The fraction of sp³-hybridized carbons (Fsp3) is 0.438. The van der Waals surface area contributed by atoms with Gasteiger partial charge in [-0.25, -0.2) is 9.78 Å². The van der Waals surface area contributed by atoms with E-state index in [-0.39, 0.29) is 17.6 Å². The molecule has 0 aromatic carbocycles. The predicted molar refractivity (Wildman–Crippen MR) is 89.7 cm³/mol. The molecule has 7 heteroatoms. The third-order valence-corrected chi connectivity index (χ3v) is 4.28. The van der Waals surface area contributed by atoms with E-state index in [0.717, 1.165) is 0 Å². The number of methoxy groups -OCH3 is 1. The van der Waals surface area contributed by atoms with E-state index in [0.29, 0.717) is 22.3 Å². The van der Waals surface area contributed by atoms with Gasteiger partial charge in [-0.1, -0.05) is 13.8 Å². The zero-order chi connectivity index (χ0) is 17.0. The molecule has 0 aliphatic carbocycles. The van der Waals surface area contributed by atoms with Crippen molar-refractivity contribution in [2.75, 3.05) is 12.4 Å². The fourth-order valence-electron chi connectivity index (χ4n) is 2.29. The number of hydrogen-bond acceptors (Lipinski definition) is 5. The summed E-state index contributed by atoms with van der Waals surface area (Å²) < 4.78 is 6.57. The quantitative estimate of drug-likeness (QED) is 0.822.